The first kappa shape index (κ1) is 22.4. The quantitative estimate of drug-likeness (QED) is 0.470. The Kier molecular flexibility index (Phi) is 4.65. The van der Waals surface area contributed by atoms with Gasteiger partial charge >= 0.3 is 11.9 Å². The Labute approximate surface area is 191 Å². The lowest BCUT2D eigenvalue weighted by atomic mass is 9.46. The normalized spacial score (nSPS) is 46.8. The maximum Gasteiger partial charge on any atom is 0.303 e. The van der Waals surface area contributed by atoms with Crippen molar-refractivity contribution in [2.75, 3.05) is 6.61 Å². The summed E-state index contributed by atoms with van der Waals surface area (Å²) in [6.07, 6.45) is 4.60. The third kappa shape index (κ3) is 2.70. The summed E-state index contributed by atoms with van der Waals surface area (Å²) in [5.41, 5.74) is -3.18. The molecule has 33 heavy (non-hydrogen) atoms. The van der Waals surface area contributed by atoms with Gasteiger partial charge in [-0.05, 0) is 62.2 Å². The van der Waals surface area contributed by atoms with Crippen LogP contribution in [-0.2, 0) is 33.4 Å². The summed E-state index contributed by atoms with van der Waals surface area (Å²) in [6.45, 7) is 5.86. The Morgan fingerprint density at radius 3 is 2.58 bits per heavy atom. The van der Waals surface area contributed by atoms with Crippen LogP contribution in [0.3, 0.4) is 0 Å². The van der Waals surface area contributed by atoms with Crippen molar-refractivity contribution in [2.45, 2.75) is 76.9 Å². The number of ketones is 2. The maximum atomic E-state index is 15.5. The largest absolute Gasteiger partial charge is 0.458 e. The highest BCUT2D eigenvalue weighted by Gasteiger charge is 2.82. The van der Waals surface area contributed by atoms with Gasteiger partial charge in [0.25, 0.3) is 0 Å². The number of epoxide rings is 1. The number of allylic oxidation sites excluding steroid dienone is 2. The molecule has 8 atom stereocenters. The third-order valence-electron chi connectivity index (χ3n) is 9.22. The Balaban J connectivity index is 1.56. The number of carbonyl (C=O) groups excluding carboxylic acids is 4. The number of ether oxygens (including phenoxy) is 3. The fourth-order valence-electron chi connectivity index (χ4n) is 7.84. The number of fused-ring (bicyclic) bond motifs is 3. The molecule has 3 saturated carbocycles. The van der Waals surface area contributed by atoms with Gasteiger partial charge in [-0.25, -0.2) is 4.39 Å². The zero-order chi connectivity index (χ0) is 24.0. The van der Waals surface area contributed by atoms with Gasteiger partial charge < -0.3 is 14.2 Å². The highest BCUT2D eigenvalue weighted by atomic mass is 19.1. The molecule has 0 N–H and O–H groups in total. The first-order valence-corrected chi connectivity index (χ1v) is 11.5. The Morgan fingerprint density at radius 1 is 1.18 bits per heavy atom. The zero-order valence-electron chi connectivity index (χ0n) is 19.3. The number of alkyl halides is 1. The maximum absolute atomic E-state index is 15.5. The molecule has 5 aliphatic rings. The number of esters is 2. The number of hydrogen-bond donors (Lipinski definition) is 0. The molecule has 0 bridgehead atoms. The Bertz CT molecular complexity index is 1030. The van der Waals surface area contributed by atoms with E-state index in [4.69, 9.17) is 14.2 Å². The van der Waals surface area contributed by atoms with Crippen molar-refractivity contribution in [1.82, 2.24) is 0 Å². The minimum atomic E-state index is -1.46. The summed E-state index contributed by atoms with van der Waals surface area (Å²) in [4.78, 5) is 48.9. The average Bonchev–Trinajstić information content (AvgIpc) is 3.38. The van der Waals surface area contributed by atoms with E-state index in [1.54, 1.807) is 6.08 Å². The molecule has 4 fully saturated rings. The summed E-state index contributed by atoms with van der Waals surface area (Å²) in [5, 5.41) is 0. The number of rotatable bonds is 4. The highest BCUT2D eigenvalue weighted by Crippen LogP contribution is 2.76. The van der Waals surface area contributed by atoms with Crippen molar-refractivity contribution in [1.29, 1.82) is 0 Å². The van der Waals surface area contributed by atoms with Gasteiger partial charge in [0.05, 0.1) is 6.10 Å². The summed E-state index contributed by atoms with van der Waals surface area (Å²) in [6, 6.07) is 0. The monoisotopic (exact) mass is 460 g/mol. The molecule has 1 spiro atoms. The van der Waals surface area contributed by atoms with Crippen LogP contribution in [0.4, 0.5) is 4.39 Å². The van der Waals surface area contributed by atoms with Crippen LogP contribution in [0.5, 0.6) is 0 Å². The molecule has 1 aliphatic heterocycles. The predicted molar refractivity (Wildman–Crippen MR) is 113 cm³/mol. The van der Waals surface area contributed by atoms with Crippen LogP contribution >= 0.6 is 0 Å². The molecule has 1 saturated heterocycles. The topological polar surface area (TPSA) is 99.3 Å². The Morgan fingerprint density at radius 2 is 1.91 bits per heavy atom. The number of hydrogen-bond acceptors (Lipinski definition) is 7. The second-order valence-electron chi connectivity index (χ2n) is 10.6. The smallest absolute Gasteiger partial charge is 0.303 e. The lowest BCUT2D eigenvalue weighted by Crippen LogP contribution is -2.63. The van der Waals surface area contributed by atoms with Gasteiger partial charge in [0, 0.05) is 24.7 Å². The van der Waals surface area contributed by atoms with E-state index >= 15 is 4.39 Å². The summed E-state index contributed by atoms with van der Waals surface area (Å²) >= 11 is 0. The van der Waals surface area contributed by atoms with Crippen molar-refractivity contribution < 1.29 is 37.8 Å². The molecule has 0 aromatic carbocycles. The van der Waals surface area contributed by atoms with Crippen molar-refractivity contribution in [2.24, 2.45) is 22.7 Å². The molecule has 178 valence electrons. The number of carbonyl (C=O) groups is 4. The average molecular weight is 460 g/mol. The van der Waals surface area contributed by atoms with Gasteiger partial charge in [0.2, 0.25) is 5.78 Å². The molecule has 5 rings (SSSR count). The van der Waals surface area contributed by atoms with Crippen LogP contribution in [0.15, 0.2) is 23.8 Å². The molecule has 0 radical (unpaired) electrons. The minimum absolute atomic E-state index is 0.139. The molecule has 8 heteroatoms. The van der Waals surface area contributed by atoms with Crippen LogP contribution in [0, 0.1) is 22.7 Å². The van der Waals surface area contributed by atoms with E-state index in [0.29, 0.717) is 18.4 Å². The molecule has 0 amide bonds. The van der Waals surface area contributed by atoms with Crippen LogP contribution in [0.2, 0.25) is 0 Å². The van der Waals surface area contributed by atoms with Gasteiger partial charge in [-0.2, -0.15) is 0 Å². The molecular formula is C25H29FO7. The summed E-state index contributed by atoms with van der Waals surface area (Å²) < 4.78 is 32.7. The van der Waals surface area contributed by atoms with E-state index in [1.165, 1.54) is 26.0 Å². The summed E-state index contributed by atoms with van der Waals surface area (Å²) in [7, 11) is 0. The van der Waals surface area contributed by atoms with Crippen molar-refractivity contribution in [3.63, 3.8) is 0 Å². The van der Waals surface area contributed by atoms with E-state index in [2.05, 4.69) is 0 Å². The van der Waals surface area contributed by atoms with E-state index in [-0.39, 0.29) is 36.6 Å². The van der Waals surface area contributed by atoms with Crippen LogP contribution in [0.1, 0.15) is 53.4 Å². The van der Waals surface area contributed by atoms with Crippen LogP contribution in [0.25, 0.3) is 0 Å². The predicted octanol–water partition coefficient (Wildman–Crippen LogP) is 2.81. The number of Topliss-reactive ketones (excluding diaryl/α,β-unsaturated/α-hetero) is 1. The van der Waals surface area contributed by atoms with Crippen LogP contribution in [-0.4, -0.2) is 53.6 Å². The number of halogens is 1. The van der Waals surface area contributed by atoms with Crippen molar-refractivity contribution in [3.8, 4) is 0 Å². The fourth-order valence-corrected chi connectivity index (χ4v) is 7.84. The fraction of sp³-hybridized carbons (Fsp3) is 0.680. The van der Waals surface area contributed by atoms with Gasteiger partial charge in [-0.15, -0.1) is 0 Å². The van der Waals surface area contributed by atoms with Crippen LogP contribution < -0.4 is 0 Å². The lowest BCUT2D eigenvalue weighted by Gasteiger charge is -2.56. The van der Waals surface area contributed by atoms with E-state index in [0.717, 1.165) is 0 Å². The van der Waals surface area contributed by atoms with Gasteiger partial charge in [0.1, 0.15) is 11.8 Å². The van der Waals surface area contributed by atoms with E-state index in [9.17, 15) is 19.2 Å². The second kappa shape index (κ2) is 6.84. The van der Waals surface area contributed by atoms with E-state index in [1.807, 2.05) is 13.8 Å². The van der Waals surface area contributed by atoms with E-state index < -0.39 is 52.5 Å². The SMILES string of the molecule is CC(=O)OCC(=O)[C@@]1(OC(C)=O)CC[C@H]2[C@@H]3C[C@@H](F)C4=CC(=O)C=C[C@]4(C)[C@@]34O[C@H]4C[C@@]21C. The first-order valence-electron chi connectivity index (χ1n) is 11.5. The first-order chi connectivity index (χ1) is 15.4. The third-order valence-corrected chi connectivity index (χ3v) is 9.22. The van der Waals surface area contributed by atoms with Crippen molar-refractivity contribution in [3.05, 3.63) is 23.8 Å². The molecular weight excluding hydrogens is 431 g/mol. The molecule has 0 unspecified atom stereocenters. The lowest BCUT2D eigenvalue weighted by molar-refractivity contribution is -0.188. The summed E-state index contributed by atoms with van der Waals surface area (Å²) in [5.74, 6) is -2.20. The standard InChI is InChI=1S/C25H29FO7/c1-13(27)31-12-20(30)24(32-14(2)28)8-6-16-17-10-19(26)18-9-15(29)5-7-22(18,3)25(17)21(33-25)11-23(16,24)4/h5,7,9,16-17,19,21H,6,8,10-12H2,1-4H3/t16-,17-,19+,21-,22-,23-,24-,25+/m0/s1. The molecule has 4 aliphatic carbocycles. The van der Waals surface area contributed by atoms with Gasteiger partial charge in [0.15, 0.2) is 18.0 Å². The van der Waals surface area contributed by atoms with Crippen molar-refractivity contribution >= 4 is 23.5 Å². The second-order valence-corrected chi connectivity index (χ2v) is 10.6. The highest BCUT2D eigenvalue weighted by molar-refractivity contribution is 6.01. The molecule has 7 nitrogen and oxygen atoms in total. The van der Waals surface area contributed by atoms with Gasteiger partial charge in [-0.3, -0.25) is 19.2 Å². The molecule has 1 heterocycles. The zero-order valence-corrected chi connectivity index (χ0v) is 19.3. The molecule has 0 aromatic rings. The molecule has 0 aromatic heterocycles. The Hall–Kier alpha value is -2.35. The minimum Gasteiger partial charge on any atom is -0.458 e. The van der Waals surface area contributed by atoms with Gasteiger partial charge in [-0.1, -0.05) is 13.0 Å².